The van der Waals surface area contributed by atoms with Crippen molar-refractivity contribution < 1.29 is 0 Å². The van der Waals surface area contributed by atoms with Gasteiger partial charge in [-0.2, -0.15) is 0 Å². The maximum Gasteiger partial charge on any atom is 0.0465 e. The normalized spacial score (nSPS) is 13.2. The van der Waals surface area contributed by atoms with Crippen LogP contribution in [0.2, 0.25) is 0 Å². The van der Waals surface area contributed by atoms with Crippen LogP contribution in [-0.2, 0) is 10.8 Å². The summed E-state index contributed by atoms with van der Waals surface area (Å²) in [4.78, 5) is 4.78. The molecule has 0 saturated heterocycles. The number of rotatable bonds is 6. The van der Waals surface area contributed by atoms with Gasteiger partial charge in [-0.05, 0) is 127 Å². The molecule has 0 saturated carbocycles. The molecular weight excluding hydrogens is 581 g/mol. The second-order valence-corrected chi connectivity index (χ2v) is 15.1. The molecule has 6 aromatic rings. The minimum atomic E-state index is -0.183. The third kappa shape index (κ3) is 5.70. The molecule has 0 amide bonds. The standard InChI is InChI=1S/C46H46N2/c1-31-9-17-35(18-10-31)47(36-19-11-32(2)12-20-36)39-25-27-41-42-28-26-40(30-44(42)46(7,8)43(41)29-39)48(37-21-13-33(3)14-22-37)38-23-15-34(16-24-38)45(4,5)6/h9-30H,1-8H3. The van der Waals surface area contributed by atoms with Crippen molar-refractivity contribution in [3.63, 3.8) is 0 Å². The van der Waals surface area contributed by atoms with E-state index in [1.54, 1.807) is 0 Å². The maximum absolute atomic E-state index is 2.42. The number of hydrogen-bond donors (Lipinski definition) is 0. The Morgan fingerprint density at radius 1 is 0.396 bits per heavy atom. The summed E-state index contributed by atoms with van der Waals surface area (Å²) in [5.41, 5.74) is 17.3. The molecule has 0 atom stereocenters. The molecule has 0 unspecified atom stereocenters. The van der Waals surface area contributed by atoms with Crippen LogP contribution in [0.15, 0.2) is 133 Å². The fraction of sp³-hybridized carbons (Fsp3) is 0.217. The summed E-state index contributed by atoms with van der Waals surface area (Å²) < 4.78 is 0. The summed E-state index contributed by atoms with van der Waals surface area (Å²) in [6, 6.07) is 49.7. The maximum atomic E-state index is 2.42. The van der Waals surface area contributed by atoms with Crippen LogP contribution in [0.1, 0.15) is 68.0 Å². The summed E-state index contributed by atoms with van der Waals surface area (Å²) in [7, 11) is 0. The van der Waals surface area contributed by atoms with Crippen molar-refractivity contribution >= 4 is 34.1 Å². The smallest absolute Gasteiger partial charge is 0.0465 e. The van der Waals surface area contributed by atoms with Gasteiger partial charge in [0.25, 0.3) is 0 Å². The van der Waals surface area contributed by atoms with Gasteiger partial charge in [0.2, 0.25) is 0 Å². The van der Waals surface area contributed by atoms with Gasteiger partial charge >= 0.3 is 0 Å². The van der Waals surface area contributed by atoms with Gasteiger partial charge in [0.1, 0.15) is 0 Å². The molecule has 0 bridgehead atoms. The molecule has 0 fully saturated rings. The summed E-state index contributed by atoms with van der Waals surface area (Å²) in [5.74, 6) is 0. The quantitative estimate of drug-likeness (QED) is 0.181. The lowest BCUT2D eigenvalue weighted by Gasteiger charge is -2.29. The molecule has 2 nitrogen and oxygen atoms in total. The van der Waals surface area contributed by atoms with Crippen LogP contribution in [-0.4, -0.2) is 0 Å². The van der Waals surface area contributed by atoms with E-state index in [9.17, 15) is 0 Å². The Bertz CT molecular complexity index is 2030. The lowest BCUT2D eigenvalue weighted by Crippen LogP contribution is -2.18. The Labute approximate surface area is 287 Å². The van der Waals surface area contributed by atoms with Crippen LogP contribution in [0.5, 0.6) is 0 Å². The monoisotopic (exact) mass is 626 g/mol. The Morgan fingerprint density at radius 3 is 1.00 bits per heavy atom. The summed E-state index contributed by atoms with van der Waals surface area (Å²) in [5, 5.41) is 0. The van der Waals surface area contributed by atoms with Crippen molar-refractivity contribution in [2.24, 2.45) is 0 Å². The molecule has 0 radical (unpaired) electrons. The van der Waals surface area contributed by atoms with Crippen molar-refractivity contribution in [2.75, 3.05) is 9.80 Å². The van der Waals surface area contributed by atoms with Crippen LogP contribution in [0.25, 0.3) is 11.1 Å². The molecule has 6 aromatic carbocycles. The van der Waals surface area contributed by atoms with Crippen molar-refractivity contribution in [1.82, 2.24) is 0 Å². The van der Waals surface area contributed by atoms with Gasteiger partial charge < -0.3 is 9.80 Å². The molecule has 240 valence electrons. The first-order valence-electron chi connectivity index (χ1n) is 17.1. The minimum absolute atomic E-state index is 0.101. The SMILES string of the molecule is Cc1ccc(N(c2ccc(C)cc2)c2ccc3c(c2)C(C)(C)c2cc(N(c4ccc(C)cc4)c4ccc(C(C)(C)C)cc4)ccc2-3)cc1. The van der Waals surface area contributed by atoms with E-state index in [-0.39, 0.29) is 10.8 Å². The van der Waals surface area contributed by atoms with Crippen LogP contribution in [0.3, 0.4) is 0 Å². The Hall–Kier alpha value is -5.08. The van der Waals surface area contributed by atoms with Crippen LogP contribution in [0.4, 0.5) is 34.1 Å². The van der Waals surface area contributed by atoms with E-state index < -0.39 is 0 Å². The molecule has 2 heteroatoms. The van der Waals surface area contributed by atoms with E-state index in [0.29, 0.717) is 0 Å². The van der Waals surface area contributed by atoms with Gasteiger partial charge in [-0.15, -0.1) is 0 Å². The predicted molar refractivity (Wildman–Crippen MR) is 206 cm³/mol. The molecule has 0 N–H and O–H groups in total. The van der Waals surface area contributed by atoms with Crippen LogP contribution < -0.4 is 9.80 Å². The first-order valence-corrected chi connectivity index (χ1v) is 17.1. The first-order chi connectivity index (χ1) is 22.9. The van der Waals surface area contributed by atoms with Crippen molar-refractivity contribution in [1.29, 1.82) is 0 Å². The highest BCUT2D eigenvalue weighted by Crippen LogP contribution is 2.52. The highest BCUT2D eigenvalue weighted by molar-refractivity contribution is 5.88. The largest absolute Gasteiger partial charge is 0.310 e. The van der Waals surface area contributed by atoms with E-state index in [2.05, 4.69) is 199 Å². The predicted octanol–water partition coefficient (Wildman–Crippen LogP) is 13.2. The molecule has 7 rings (SSSR count). The van der Waals surface area contributed by atoms with Gasteiger partial charge in [0, 0.05) is 39.5 Å². The zero-order chi connectivity index (χ0) is 33.8. The van der Waals surface area contributed by atoms with E-state index in [1.807, 2.05) is 0 Å². The topological polar surface area (TPSA) is 6.48 Å². The number of aryl methyl sites for hydroxylation is 3. The molecule has 0 spiro atoms. The lowest BCUT2D eigenvalue weighted by atomic mass is 9.82. The van der Waals surface area contributed by atoms with Crippen LogP contribution in [0, 0.1) is 20.8 Å². The van der Waals surface area contributed by atoms with Gasteiger partial charge in [-0.3, -0.25) is 0 Å². The van der Waals surface area contributed by atoms with E-state index >= 15 is 0 Å². The first kappa shape index (κ1) is 31.5. The molecule has 0 aliphatic heterocycles. The van der Waals surface area contributed by atoms with Gasteiger partial charge in [0.05, 0.1) is 0 Å². The third-order valence-corrected chi connectivity index (χ3v) is 10.0. The number of anilines is 6. The molecule has 1 aliphatic rings. The number of hydrogen-bond acceptors (Lipinski definition) is 2. The summed E-state index contributed by atoms with van der Waals surface area (Å²) in [6.07, 6.45) is 0. The molecule has 0 heterocycles. The summed E-state index contributed by atoms with van der Waals surface area (Å²) >= 11 is 0. The van der Waals surface area contributed by atoms with E-state index in [4.69, 9.17) is 0 Å². The molecule has 48 heavy (non-hydrogen) atoms. The third-order valence-electron chi connectivity index (χ3n) is 10.0. The summed E-state index contributed by atoms with van der Waals surface area (Å²) in [6.45, 7) is 18.0. The van der Waals surface area contributed by atoms with Crippen molar-refractivity contribution in [3.05, 3.63) is 167 Å². The Balaban J connectivity index is 1.32. The second kappa shape index (κ2) is 11.9. The fourth-order valence-corrected chi connectivity index (χ4v) is 7.08. The highest BCUT2D eigenvalue weighted by Gasteiger charge is 2.37. The highest BCUT2D eigenvalue weighted by atomic mass is 15.1. The minimum Gasteiger partial charge on any atom is -0.310 e. The Morgan fingerprint density at radius 2 is 0.688 bits per heavy atom. The Kier molecular flexibility index (Phi) is 7.79. The molecule has 0 aromatic heterocycles. The van der Waals surface area contributed by atoms with E-state index in [0.717, 1.165) is 22.7 Å². The van der Waals surface area contributed by atoms with Crippen molar-refractivity contribution in [2.45, 2.75) is 66.2 Å². The van der Waals surface area contributed by atoms with Crippen molar-refractivity contribution in [3.8, 4) is 11.1 Å². The average molecular weight is 627 g/mol. The number of nitrogens with zero attached hydrogens (tertiary/aromatic N) is 2. The van der Waals surface area contributed by atoms with Gasteiger partial charge in [0.15, 0.2) is 0 Å². The zero-order valence-electron chi connectivity index (χ0n) is 29.6. The van der Waals surface area contributed by atoms with E-state index in [1.165, 1.54) is 55.9 Å². The van der Waals surface area contributed by atoms with Gasteiger partial charge in [-0.1, -0.05) is 112 Å². The second-order valence-electron chi connectivity index (χ2n) is 15.1. The fourth-order valence-electron chi connectivity index (χ4n) is 7.08. The lowest BCUT2D eigenvalue weighted by molar-refractivity contribution is 0.590. The molecular formula is C46H46N2. The number of benzene rings is 6. The zero-order valence-corrected chi connectivity index (χ0v) is 29.6. The average Bonchev–Trinajstić information content (AvgIpc) is 3.29. The molecule has 1 aliphatic carbocycles. The van der Waals surface area contributed by atoms with Crippen LogP contribution >= 0.6 is 0 Å². The van der Waals surface area contributed by atoms with Gasteiger partial charge in [-0.25, -0.2) is 0 Å². The number of fused-ring (bicyclic) bond motifs is 3.